The highest BCUT2D eigenvalue weighted by Crippen LogP contribution is 2.22. The lowest BCUT2D eigenvalue weighted by molar-refractivity contribution is 0.0450. The molecule has 0 unspecified atom stereocenters. The molecule has 3 rings (SSSR count). The second kappa shape index (κ2) is 9.66. The number of ether oxygens (including phenoxy) is 3. The molecule has 1 aliphatic heterocycles. The van der Waals surface area contributed by atoms with Crippen molar-refractivity contribution in [3.63, 3.8) is 0 Å². The maximum absolute atomic E-state index is 14.2. The van der Waals surface area contributed by atoms with Gasteiger partial charge in [0.1, 0.15) is 29.7 Å². The summed E-state index contributed by atoms with van der Waals surface area (Å²) in [5, 5.41) is 0. The van der Waals surface area contributed by atoms with Gasteiger partial charge in [-0.05, 0) is 42.5 Å². The second-order valence-electron chi connectivity index (χ2n) is 6.10. The van der Waals surface area contributed by atoms with E-state index in [4.69, 9.17) is 14.2 Å². The van der Waals surface area contributed by atoms with Gasteiger partial charge in [0, 0.05) is 17.6 Å². The van der Waals surface area contributed by atoms with Gasteiger partial charge in [-0.25, -0.2) is 17.6 Å². The molecule has 7 nitrogen and oxygen atoms in total. The van der Waals surface area contributed by atoms with Gasteiger partial charge in [-0.15, -0.1) is 0 Å². The normalized spacial score (nSPS) is 15.1. The Kier molecular flexibility index (Phi) is 7.23. The van der Waals surface area contributed by atoms with E-state index in [1.807, 2.05) is 12.1 Å². The fraction of sp³-hybridized carbons (Fsp3) is 0.316. The van der Waals surface area contributed by atoms with Gasteiger partial charge in [-0.1, -0.05) is 15.9 Å². The lowest BCUT2D eigenvalue weighted by Crippen LogP contribution is -2.41. The van der Waals surface area contributed by atoms with E-state index in [1.54, 1.807) is 12.1 Å². The van der Waals surface area contributed by atoms with Crippen LogP contribution in [0.4, 0.5) is 4.39 Å². The van der Waals surface area contributed by atoms with Crippen molar-refractivity contribution in [2.45, 2.75) is 4.90 Å². The summed E-state index contributed by atoms with van der Waals surface area (Å²) in [5.41, 5.74) is -0.0538. The Morgan fingerprint density at radius 1 is 1.10 bits per heavy atom. The minimum atomic E-state index is -4.07. The van der Waals surface area contributed by atoms with Gasteiger partial charge in [0.25, 0.3) is 0 Å². The summed E-state index contributed by atoms with van der Waals surface area (Å²) in [5.74, 6) is -1.07. The van der Waals surface area contributed by atoms with Gasteiger partial charge in [0.15, 0.2) is 0 Å². The Morgan fingerprint density at radius 2 is 1.79 bits per heavy atom. The molecule has 0 atom stereocenters. The molecule has 1 aliphatic rings. The first-order valence-corrected chi connectivity index (χ1v) is 11.0. The van der Waals surface area contributed by atoms with Crippen LogP contribution in [0.5, 0.6) is 5.75 Å². The number of carbonyl (C=O) groups excluding carboxylic acids is 1. The van der Waals surface area contributed by atoms with Crippen LogP contribution < -0.4 is 4.74 Å². The molecule has 2 aromatic rings. The van der Waals surface area contributed by atoms with E-state index in [0.717, 1.165) is 20.9 Å². The van der Waals surface area contributed by atoms with Gasteiger partial charge in [0.2, 0.25) is 10.0 Å². The molecule has 1 saturated heterocycles. The number of sulfonamides is 1. The smallest absolute Gasteiger partial charge is 0.338 e. The second-order valence-corrected chi connectivity index (χ2v) is 8.92. The Bertz CT molecular complexity index is 961. The van der Waals surface area contributed by atoms with E-state index in [9.17, 15) is 17.6 Å². The molecule has 0 radical (unpaired) electrons. The first kappa shape index (κ1) is 21.7. The van der Waals surface area contributed by atoms with E-state index >= 15 is 0 Å². The average molecular weight is 488 g/mol. The summed E-state index contributed by atoms with van der Waals surface area (Å²) in [4.78, 5) is 11.7. The zero-order valence-corrected chi connectivity index (χ0v) is 17.7. The molecule has 2 aromatic carbocycles. The Morgan fingerprint density at radius 3 is 2.48 bits per heavy atom. The zero-order valence-electron chi connectivity index (χ0n) is 15.3. The van der Waals surface area contributed by atoms with Crippen LogP contribution in [0.3, 0.4) is 0 Å². The number of morpholine rings is 1. The van der Waals surface area contributed by atoms with Crippen molar-refractivity contribution in [1.82, 2.24) is 4.31 Å². The number of hydrogen-bond acceptors (Lipinski definition) is 6. The van der Waals surface area contributed by atoms with E-state index < -0.39 is 26.7 Å². The molecule has 29 heavy (non-hydrogen) atoms. The summed E-state index contributed by atoms with van der Waals surface area (Å²) in [6.07, 6.45) is 0. The van der Waals surface area contributed by atoms with Gasteiger partial charge in [-0.2, -0.15) is 4.31 Å². The molecule has 0 aromatic heterocycles. The van der Waals surface area contributed by atoms with Crippen LogP contribution in [0.25, 0.3) is 0 Å². The van der Waals surface area contributed by atoms with Gasteiger partial charge >= 0.3 is 5.97 Å². The summed E-state index contributed by atoms with van der Waals surface area (Å²) in [7, 11) is -4.07. The van der Waals surface area contributed by atoms with E-state index in [2.05, 4.69) is 15.9 Å². The standard InChI is InChI=1S/C19H19BrFNO6S/c20-15-2-4-16(5-3-15)27-11-12-28-19(23)14-1-6-17(21)18(13-14)29(24,25)22-7-9-26-10-8-22/h1-6,13H,7-12H2. The molecule has 10 heteroatoms. The van der Waals surface area contributed by atoms with Crippen LogP contribution in [-0.4, -0.2) is 58.2 Å². The maximum Gasteiger partial charge on any atom is 0.338 e. The first-order valence-electron chi connectivity index (χ1n) is 8.81. The zero-order chi connectivity index (χ0) is 20.9. The third kappa shape index (κ3) is 5.53. The maximum atomic E-state index is 14.2. The molecular formula is C19H19BrFNO6S. The van der Waals surface area contributed by atoms with Crippen molar-refractivity contribution in [3.8, 4) is 5.75 Å². The topological polar surface area (TPSA) is 82.1 Å². The number of benzene rings is 2. The third-order valence-corrected chi connectivity index (χ3v) is 6.60. The molecular weight excluding hydrogens is 469 g/mol. The molecule has 0 amide bonds. The van der Waals surface area contributed by atoms with Crippen molar-refractivity contribution in [1.29, 1.82) is 0 Å². The Hall–Kier alpha value is -2.01. The van der Waals surface area contributed by atoms with Gasteiger partial charge < -0.3 is 14.2 Å². The van der Waals surface area contributed by atoms with Gasteiger partial charge in [-0.3, -0.25) is 0 Å². The van der Waals surface area contributed by atoms with Crippen molar-refractivity contribution < 1.29 is 31.8 Å². The number of nitrogens with zero attached hydrogens (tertiary/aromatic N) is 1. The van der Waals surface area contributed by atoms with Crippen LogP contribution >= 0.6 is 15.9 Å². The molecule has 0 bridgehead atoms. The van der Waals surface area contributed by atoms with Gasteiger partial charge in [0.05, 0.1) is 18.8 Å². The predicted molar refractivity (Wildman–Crippen MR) is 106 cm³/mol. The van der Waals surface area contributed by atoms with Crippen LogP contribution in [0.2, 0.25) is 0 Å². The Balaban J connectivity index is 1.62. The van der Waals surface area contributed by atoms with Crippen molar-refractivity contribution in [3.05, 3.63) is 58.3 Å². The fourth-order valence-electron chi connectivity index (χ4n) is 2.66. The van der Waals surface area contributed by atoms with E-state index in [0.29, 0.717) is 5.75 Å². The highest BCUT2D eigenvalue weighted by Gasteiger charge is 2.30. The first-order chi connectivity index (χ1) is 13.9. The van der Waals surface area contributed by atoms with Crippen LogP contribution in [-0.2, 0) is 19.5 Å². The summed E-state index contributed by atoms with van der Waals surface area (Å²) < 4.78 is 57.3. The lowest BCUT2D eigenvalue weighted by Gasteiger charge is -2.26. The molecule has 0 N–H and O–H groups in total. The largest absolute Gasteiger partial charge is 0.490 e. The third-order valence-electron chi connectivity index (χ3n) is 4.15. The molecule has 1 fully saturated rings. The SMILES string of the molecule is O=C(OCCOc1ccc(Br)cc1)c1ccc(F)c(S(=O)(=O)N2CCOCC2)c1. The number of halogens is 2. The highest BCUT2D eigenvalue weighted by atomic mass is 79.9. The van der Waals surface area contributed by atoms with Crippen LogP contribution in [0.1, 0.15) is 10.4 Å². The van der Waals surface area contributed by atoms with E-state index in [-0.39, 0.29) is 45.1 Å². The molecule has 0 saturated carbocycles. The summed E-state index contributed by atoms with van der Waals surface area (Å²) in [6, 6.07) is 10.3. The molecule has 0 spiro atoms. The van der Waals surface area contributed by atoms with E-state index in [1.165, 1.54) is 6.07 Å². The molecule has 156 valence electrons. The van der Waals surface area contributed by atoms with Crippen molar-refractivity contribution in [2.75, 3.05) is 39.5 Å². The predicted octanol–water partition coefficient (Wildman–Crippen LogP) is 2.84. The summed E-state index contributed by atoms with van der Waals surface area (Å²) >= 11 is 3.32. The van der Waals surface area contributed by atoms with Crippen molar-refractivity contribution >= 4 is 31.9 Å². The van der Waals surface area contributed by atoms with Crippen LogP contribution in [0, 0.1) is 5.82 Å². The number of carbonyl (C=O) groups is 1. The number of rotatable bonds is 7. The minimum Gasteiger partial charge on any atom is -0.490 e. The lowest BCUT2D eigenvalue weighted by atomic mass is 10.2. The van der Waals surface area contributed by atoms with Crippen molar-refractivity contribution in [2.24, 2.45) is 0 Å². The monoisotopic (exact) mass is 487 g/mol. The molecule has 0 aliphatic carbocycles. The average Bonchev–Trinajstić information content (AvgIpc) is 2.73. The van der Waals surface area contributed by atoms with Crippen LogP contribution in [0.15, 0.2) is 51.8 Å². The number of esters is 1. The minimum absolute atomic E-state index is 0.0438. The summed E-state index contributed by atoms with van der Waals surface area (Å²) in [6.45, 7) is 0.806. The number of hydrogen-bond donors (Lipinski definition) is 0. The molecule has 1 heterocycles. The fourth-order valence-corrected chi connectivity index (χ4v) is 4.42. The highest BCUT2D eigenvalue weighted by molar-refractivity contribution is 9.10. The quantitative estimate of drug-likeness (QED) is 0.441. The Labute approximate surface area is 176 Å².